The standard InChI is InChI=1S/2C38H80N.C20H22N8O5/c2*1-5-7-9-11-13-15-17-19-21-23-25-27-29-31-33-35-37-39(3,4)38-36-34-32-30-28-26-24-22-20-18-16-14-12-10-8-6-2;1-28(9-11-8-23-17-15(24-11)16(21)26-20(22)27-17)12-4-2-10(3-5-12)18(31)25-13(19(32)33)6-7-14(29)30/h2*5-38H2,1-4H3;2-5,8,13H,6-7,9H2,1H3,(H,25,31)(H,29,30)(H,32,33)(H4,21,22,23,26,27)/q2*+1;/p-2/t;;13-/m..0/s1. The van der Waals surface area contributed by atoms with E-state index in [1.54, 1.807) is 25.4 Å². The number of aliphatic carboxylic acids is 2. The summed E-state index contributed by atoms with van der Waals surface area (Å²) in [6, 6.07) is 4.89. The molecule has 1 amide bonds. The van der Waals surface area contributed by atoms with Gasteiger partial charge in [-0.25, -0.2) is 9.97 Å². The van der Waals surface area contributed by atoms with Crippen LogP contribution in [-0.2, 0) is 16.1 Å². The van der Waals surface area contributed by atoms with E-state index in [4.69, 9.17) is 11.5 Å². The molecule has 0 aliphatic carbocycles. The summed E-state index contributed by atoms with van der Waals surface area (Å²) in [5, 5.41) is 23.9. The summed E-state index contributed by atoms with van der Waals surface area (Å²) < 4.78 is 2.49. The number of benzene rings is 1. The first-order valence-electron chi connectivity index (χ1n) is 47.6. The zero-order valence-electron chi connectivity index (χ0n) is 74.5. The van der Waals surface area contributed by atoms with Gasteiger partial charge in [0, 0.05) is 24.3 Å². The molecule has 1 aromatic carbocycles. The number of amides is 1. The van der Waals surface area contributed by atoms with Gasteiger partial charge in [-0.3, -0.25) is 4.79 Å². The number of anilines is 3. The molecule has 0 unspecified atom stereocenters. The molecule has 15 nitrogen and oxygen atoms in total. The van der Waals surface area contributed by atoms with Crippen molar-refractivity contribution >= 4 is 46.5 Å². The van der Waals surface area contributed by atoms with Gasteiger partial charge in [0.1, 0.15) is 0 Å². The van der Waals surface area contributed by atoms with Crippen LogP contribution in [0.15, 0.2) is 30.5 Å². The molecule has 0 saturated heterocycles. The predicted octanol–water partition coefficient (Wildman–Crippen LogP) is 24.8. The number of unbranched alkanes of at least 4 members (excludes halogenated alkanes) is 60. The van der Waals surface area contributed by atoms with Gasteiger partial charge in [0.2, 0.25) is 5.95 Å². The normalized spacial score (nSPS) is 11.9. The molecule has 5 N–H and O–H groups in total. The van der Waals surface area contributed by atoms with Gasteiger partial charge in [-0.1, -0.05) is 387 Å². The maximum absolute atomic E-state index is 12.3. The number of carbonyl (C=O) groups excluding carboxylic acids is 3. The highest BCUT2D eigenvalue weighted by Crippen LogP contribution is 2.23. The summed E-state index contributed by atoms with van der Waals surface area (Å²) in [4.78, 5) is 52.3. The number of nitrogens with one attached hydrogen (secondary N) is 1. The van der Waals surface area contributed by atoms with Gasteiger partial charge in [0.05, 0.1) is 84.8 Å². The number of hydrogen-bond donors (Lipinski definition) is 3. The molecule has 3 rings (SSSR count). The van der Waals surface area contributed by atoms with Crippen LogP contribution < -0.4 is 31.9 Å². The molecule has 0 aliphatic heterocycles. The van der Waals surface area contributed by atoms with E-state index in [-0.39, 0.29) is 29.4 Å². The Labute approximate surface area is 685 Å². The van der Waals surface area contributed by atoms with Crippen molar-refractivity contribution in [3.63, 3.8) is 0 Å². The molecule has 0 bridgehead atoms. The highest BCUT2D eigenvalue weighted by atomic mass is 16.4. The monoisotopic (exact) mass is 1550 g/mol. The highest BCUT2D eigenvalue weighted by molar-refractivity contribution is 5.96. The number of quaternary nitrogens is 2. The van der Waals surface area contributed by atoms with Crippen LogP contribution in [0.25, 0.3) is 11.2 Å². The van der Waals surface area contributed by atoms with Crippen molar-refractivity contribution in [3.8, 4) is 0 Å². The third kappa shape index (κ3) is 65.2. The van der Waals surface area contributed by atoms with Crippen molar-refractivity contribution in [2.45, 2.75) is 464 Å². The number of nitrogen functional groups attached to an aromatic ring is 2. The fourth-order valence-electron chi connectivity index (χ4n) is 15.6. The maximum Gasteiger partial charge on any atom is 0.251 e. The van der Waals surface area contributed by atoms with Crippen LogP contribution in [0.3, 0.4) is 0 Å². The molecule has 0 saturated carbocycles. The van der Waals surface area contributed by atoms with Gasteiger partial charge in [0.15, 0.2) is 17.0 Å². The Balaban J connectivity index is 0.000000835. The van der Waals surface area contributed by atoms with Crippen LogP contribution in [0.2, 0.25) is 0 Å². The lowest BCUT2D eigenvalue weighted by Crippen LogP contribution is -2.48. The lowest BCUT2D eigenvalue weighted by molar-refractivity contribution is -0.890. The quantitative estimate of drug-likeness (QED) is 0.0355. The molecular formula is C96H180N10O5. The molecule has 0 aliphatic rings. The molecular weight excluding hydrogens is 1370 g/mol. The van der Waals surface area contributed by atoms with E-state index in [1.165, 1.54) is 458 Å². The number of aromatic nitrogens is 4. The van der Waals surface area contributed by atoms with Gasteiger partial charge in [-0.2, -0.15) is 9.97 Å². The number of hydrogen-bond acceptors (Lipinski definition) is 12. The lowest BCUT2D eigenvalue weighted by Gasteiger charge is -2.30. The van der Waals surface area contributed by atoms with E-state index in [0.717, 1.165) is 5.69 Å². The van der Waals surface area contributed by atoms with Crippen LogP contribution in [0, 0.1) is 0 Å². The molecule has 0 fully saturated rings. The third-order valence-corrected chi connectivity index (χ3v) is 23.2. The second-order valence-electron chi connectivity index (χ2n) is 35.1. The Morgan fingerprint density at radius 1 is 0.387 bits per heavy atom. The summed E-state index contributed by atoms with van der Waals surface area (Å²) in [5.41, 5.74) is 13.6. The Morgan fingerprint density at radius 2 is 0.649 bits per heavy atom. The van der Waals surface area contributed by atoms with Gasteiger partial charge in [-0.05, 0) is 88.5 Å². The first-order chi connectivity index (χ1) is 53.9. The smallest absolute Gasteiger partial charge is 0.251 e. The average molecular weight is 1550 g/mol. The summed E-state index contributed by atoms with van der Waals surface area (Å²) in [6.45, 7) is 15.1. The van der Waals surface area contributed by atoms with Crippen molar-refractivity contribution in [1.29, 1.82) is 0 Å². The van der Waals surface area contributed by atoms with E-state index in [1.807, 2.05) is 4.90 Å². The zero-order valence-corrected chi connectivity index (χ0v) is 74.5. The van der Waals surface area contributed by atoms with Crippen molar-refractivity contribution in [1.82, 2.24) is 25.3 Å². The van der Waals surface area contributed by atoms with Crippen molar-refractivity contribution < 1.29 is 33.6 Å². The van der Waals surface area contributed by atoms with Crippen molar-refractivity contribution in [2.75, 3.05) is 77.8 Å². The van der Waals surface area contributed by atoms with E-state index >= 15 is 0 Å². The number of carboxylic acid groups (broad SMARTS) is 2. The fraction of sp³-hybridized carbons (Fsp3) is 0.844. The number of nitrogens with zero attached hydrogens (tertiary/aromatic N) is 7. The molecule has 3 aromatic rings. The molecule has 644 valence electrons. The van der Waals surface area contributed by atoms with Gasteiger partial charge >= 0.3 is 0 Å². The molecule has 0 radical (unpaired) electrons. The molecule has 1 atom stereocenters. The van der Waals surface area contributed by atoms with Crippen LogP contribution in [0.1, 0.15) is 468 Å². The second-order valence-corrected chi connectivity index (χ2v) is 35.1. The molecule has 2 aromatic heterocycles. The van der Waals surface area contributed by atoms with Crippen molar-refractivity contribution in [3.05, 3.63) is 41.7 Å². The minimum Gasteiger partial charge on any atom is -0.550 e. The second kappa shape index (κ2) is 74.2. The topological polar surface area (TPSA) is 216 Å². The van der Waals surface area contributed by atoms with E-state index in [9.17, 15) is 24.6 Å². The number of carbonyl (C=O) groups is 3. The van der Waals surface area contributed by atoms with Gasteiger partial charge in [0.25, 0.3) is 5.91 Å². The SMILES string of the molecule is CCCCCCCCCCCCCCCCCC[N+](C)(C)CCCCCCCCCCCCCCCCCC.CCCCCCCCCCCCCCCCCC[N+](C)(C)CCCCCCCCCCCCCCCCCC.CN(Cc1cnc2nc(N)nc(N)c2n1)c1ccc(C(=O)N[C@@H](CCC(=O)[O-])C(=O)[O-])cc1. The van der Waals surface area contributed by atoms with Crippen LogP contribution in [0.5, 0.6) is 0 Å². The summed E-state index contributed by atoms with van der Waals surface area (Å²) in [5.74, 6) is -3.54. The van der Waals surface area contributed by atoms with E-state index in [0.29, 0.717) is 17.8 Å². The van der Waals surface area contributed by atoms with Crippen LogP contribution in [-0.4, -0.2) is 114 Å². The number of nitrogens with two attached hydrogens (primary N) is 2. The first kappa shape index (κ1) is 104. The Hall–Kier alpha value is -4.63. The summed E-state index contributed by atoms with van der Waals surface area (Å²) in [7, 11) is 11.7. The Morgan fingerprint density at radius 3 is 0.901 bits per heavy atom. The Bertz CT molecular complexity index is 2430. The lowest BCUT2D eigenvalue weighted by atomic mass is 10.0. The third-order valence-electron chi connectivity index (χ3n) is 23.2. The van der Waals surface area contributed by atoms with Gasteiger partial charge in [-0.15, -0.1) is 0 Å². The number of rotatable bonds is 77. The minimum atomic E-state index is -1.58. The molecule has 0 spiro atoms. The molecule has 2 heterocycles. The zero-order chi connectivity index (χ0) is 81.2. The highest BCUT2D eigenvalue weighted by Gasteiger charge is 2.18. The number of fused-ring (bicyclic) bond motifs is 1. The largest absolute Gasteiger partial charge is 0.550 e. The van der Waals surface area contributed by atoms with Gasteiger partial charge < -0.3 is 50.5 Å². The van der Waals surface area contributed by atoms with Crippen LogP contribution >= 0.6 is 0 Å². The number of carboxylic acids is 2. The summed E-state index contributed by atoms with van der Waals surface area (Å²) >= 11 is 0. The minimum absolute atomic E-state index is 0.00753. The molecule has 15 heteroatoms. The van der Waals surface area contributed by atoms with E-state index < -0.39 is 30.3 Å². The van der Waals surface area contributed by atoms with E-state index in [2.05, 4.69) is 81.1 Å². The Kier molecular flexibility index (Phi) is 69.8. The fourth-order valence-corrected chi connectivity index (χ4v) is 15.6. The maximum atomic E-state index is 12.3. The van der Waals surface area contributed by atoms with Crippen molar-refractivity contribution in [2.24, 2.45) is 0 Å². The molecule has 111 heavy (non-hydrogen) atoms. The summed E-state index contributed by atoms with van der Waals surface area (Å²) in [6.07, 6.45) is 94.5. The average Bonchev–Trinajstić information content (AvgIpc) is 0.817. The van der Waals surface area contributed by atoms with Crippen LogP contribution in [0.4, 0.5) is 17.5 Å². The first-order valence-corrected chi connectivity index (χ1v) is 47.6. The predicted molar refractivity (Wildman–Crippen MR) is 475 cm³/mol.